The zero-order valence-electron chi connectivity index (χ0n) is 14.3. The van der Waals surface area contributed by atoms with Crippen molar-refractivity contribution >= 4 is 6.09 Å². The fraction of sp³-hybridized carbons (Fsp3) is 0.318. The third-order valence-corrected chi connectivity index (χ3v) is 5.24. The van der Waals surface area contributed by atoms with E-state index >= 15 is 0 Å². The number of benzene rings is 2. The van der Waals surface area contributed by atoms with Gasteiger partial charge >= 0.3 is 6.09 Å². The summed E-state index contributed by atoms with van der Waals surface area (Å²) in [5, 5.41) is 0. The minimum Gasteiger partial charge on any atom is -0.445 e. The van der Waals surface area contributed by atoms with Gasteiger partial charge in [0.05, 0.1) is 6.04 Å². The van der Waals surface area contributed by atoms with E-state index in [9.17, 15) is 4.79 Å². The molecular formula is C22H23NO2. The first kappa shape index (κ1) is 15.9. The lowest BCUT2D eigenvalue weighted by Gasteiger charge is -2.45. The van der Waals surface area contributed by atoms with Crippen LogP contribution in [-0.4, -0.2) is 23.6 Å². The summed E-state index contributed by atoms with van der Waals surface area (Å²) in [7, 11) is 0. The summed E-state index contributed by atoms with van der Waals surface area (Å²) in [6.45, 7) is 1.11. The van der Waals surface area contributed by atoms with Gasteiger partial charge in [-0.15, -0.1) is 0 Å². The highest BCUT2D eigenvalue weighted by molar-refractivity contribution is 5.69. The number of carbonyl (C=O) groups is 1. The molecule has 3 nitrogen and oxygen atoms in total. The standard InChI is InChI=1S/C22H23NO2/c24-22(25-16-18-9-5-2-6-10-18)23-15-19-11-12-21(23)20(14-19)13-17-7-3-1-4-8-17/h1-12,19-21H,13-16H2. The minimum absolute atomic E-state index is 0.147. The van der Waals surface area contributed by atoms with Crippen LogP contribution in [0.5, 0.6) is 0 Å². The molecule has 0 spiro atoms. The average Bonchev–Trinajstić information content (AvgIpc) is 2.68. The summed E-state index contributed by atoms with van der Waals surface area (Å²) in [5.74, 6) is 0.915. The van der Waals surface area contributed by atoms with Gasteiger partial charge in [-0.3, -0.25) is 0 Å². The monoisotopic (exact) mass is 333 g/mol. The van der Waals surface area contributed by atoms with Gasteiger partial charge < -0.3 is 9.64 Å². The second-order valence-electron chi connectivity index (χ2n) is 7.01. The third-order valence-electron chi connectivity index (χ3n) is 5.24. The van der Waals surface area contributed by atoms with E-state index in [1.165, 1.54) is 5.56 Å². The van der Waals surface area contributed by atoms with E-state index in [0.717, 1.165) is 24.9 Å². The average molecular weight is 333 g/mol. The van der Waals surface area contributed by atoms with Crippen molar-refractivity contribution in [3.8, 4) is 0 Å². The molecule has 2 bridgehead atoms. The maximum atomic E-state index is 12.6. The number of fused-ring (bicyclic) bond motifs is 2. The normalized spacial score (nSPS) is 24.3. The van der Waals surface area contributed by atoms with Crippen molar-refractivity contribution in [2.24, 2.45) is 11.8 Å². The van der Waals surface area contributed by atoms with Crippen molar-refractivity contribution in [3.63, 3.8) is 0 Å². The molecule has 0 aromatic heterocycles. The Kier molecular flexibility index (Phi) is 4.55. The molecule has 3 aliphatic rings. The van der Waals surface area contributed by atoms with Gasteiger partial charge in [-0.2, -0.15) is 0 Å². The number of piperidine rings is 1. The molecule has 0 saturated carbocycles. The van der Waals surface area contributed by atoms with Crippen LogP contribution in [0.4, 0.5) is 4.79 Å². The Labute approximate surface area is 148 Å². The number of hydrogen-bond donors (Lipinski definition) is 0. The zero-order chi connectivity index (χ0) is 17.1. The molecule has 1 amide bonds. The van der Waals surface area contributed by atoms with Gasteiger partial charge in [0.1, 0.15) is 6.61 Å². The molecule has 0 N–H and O–H groups in total. The molecule has 3 unspecified atom stereocenters. The van der Waals surface area contributed by atoms with Crippen molar-refractivity contribution in [1.29, 1.82) is 0 Å². The number of ether oxygens (including phenoxy) is 1. The number of hydrogen-bond acceptors (Lipinski definition) is 2. The van der Waals surface area contributed by atoms with E-state index in [0.29, 0.717) is 18.4 Å². The number of rotatable bonds is 4. The Bertz CT molecular complexity index is 741. The van der Waals surface area contributed by atoms with Gasteiger partial charge in [-0.1, -0.05) is 72.8 Å². The maximum Gasteiger partial charge on any atom is 0.410 e. The Balaban J connectivity index is 1.41. The first-order valence-electron chi connectivity index (χ1n) is 8.99. The maximum absolute atomic E-state index is 12.6. The molecule has 3 atom stereocenters. The molecule has 1 saturated heterocycles. The van der Waals surface area contributed by atoms with Crippen LogP contribution >= 0.6 is 0 Å². The van der Waals surface area contributed by atoms with E-state index in [-0.39, 0.29) is 12.1 Å². The fourth-order valence-electron chi connectivity index (χ4n) is 4.02. The lowest BCUT2D eigenvalue weighted by molar-refractivity contribution is 0.0450. The minimum atomic E-state index is -0.194. The summed E-state index contributed by atoms with van der Waals surface area (Å²) in [4.78, 5) is 14.6. The first-order valence-corrected chi connectivity index (χ1v) is 8.99. The second kappa shape index (κ2) is 7.14. The van der Waals surface area contributed by atoms with Crippen molar-refractivity contribution in [1.82, 2.24) is 4.90 Å². The van der Waals surface area contributed by atoms with E-state index in [4.69, 9.17) is 4.74 Å². The number of carbonyl (C=O) groups excluding carboxylic acids is 1. The smallest absolute Gasteiger partial charge is 0.410 e. The molecule has 0 radical (unpaired) electrons. The molecule has 25 heavy (non-hydrogen) atoms. The van der Waals surface area contributed by atoms with Crippen LogP contribution in [0, 0.1) is 11.8 Å². The first-order chi connectivity index (χ1) is 12.3. The Hall–Kier alpha value is -2.55. The van der Waals surface area contributed by atoms with Crippen molar-refractivity contribution in [2.75, 3.05) is 6.54 Å². The summed E-state index contributed by atoms with van der Waals surface area (Å²) in [6, 6.07) is 20.5. The quantitative estimate of drug-likeness (QED) is 0.774. The molecule has 2 aliphatic heterocycles. The molecule has 3 heteroatoms. The SMILES string of the molecule is O=C(OCc1ccccc1)N1CC2C=CC1C(Cc1ccccc1)C2. The molecule has 2 aromatic rings. The predicted molar refractivity (Wildman–Crippen MR) is 98.0 cm³/mol. The largest absolute Gasteiger partial charge is 0.445 e. The molecule has 5 rings (SSSR count). The van der Waals surface area contributed by atoms with E-state index < -0.39 is 0 Å². The summed E-state index contributed by atoms with van der Waals surface area (Å²) < 4.78 is 5.57. The van der Waals surface area contributed by atoms with Crippen LogP contribution in [-0.2, 0) is 17.8 Å². The zero-order valence-corrected chi connectivity index (χ0v) is 14.3. The van der Waals surface area contributed by atoms with Crippen LogP contribution in [0.2, 0.25) is 0 Å². The highest BCUT2D eigenvalue weighted by Crippen LogP contribution is 2.36. The van der Waals surface area contributed by atoms with Gasteiger partial charge in [-0.25, -0.2) is 4.79 Å². The second-order valence-corrected chi connectivity index (χ2v) is 7.01. The van der Waals surface area contributed by atoms with E-state index in [2.05, 4.69) is 36.4 Å². The lowest BCUT2D eigenvalue weighted by Crippen LogP contribution is -2.53. The van der Waals surface area contributed by atoms with Gasteiger partial charge in [-0.05, 0) is 35.8 Å². The van der Waals surface area contributed by atoms with Crippen molar-refractivity contribution in [2.45, 2.75) is 25.5 Å². The summed E-state index contributed by atoms with van der Waals surface area (Å²) in [6.07, 6.45) is 6.44. The van der Waals surface area contributed by atoms with Crippen LogP contribution in [0.1, 0.15) is 17.5 Å². The van der Waals surface area contributed by atoms with Crippen molar-refractivity contribution < 1.29 is 9.53 Å². The molecule has 1 aliphatic carbocycles. The fourth-order valence-corrected chi connectivity index (χ4v) is 4.02. The molecule has 128 valence electrons. The number of amides is 1. The summed E-state index contributed by atoms with van der Waals surface area (Å²) in [5.41, 5.74) is 2.36. The van der Waals surface area contributed by atoms with Crippen LogP contribution in [0.15, 0.2) is 72.8 Å². The molecule has 1 fully saturated rings. The molecular weight excluding hydrogens is 310 g/mol. The van der Waals surface area contributed by atoms with Crippen LogP contribution in [0.25, 0.3) is 0 Å². The van der Waals surface area contributed by atoms with Gasteiger partial charge in [0.15, 0.2) is 0 Å². The van der Waals surface area contributed by atoms with Gasteiger partial charge in [0, 0.05) is 6.54 Å². The molecule has 2 aromatic carbocycles. The van der Waals surface area contributed by atoms with Gasteiger partial charge in [0.2, 0.25) is 0 Å². The Morgan fingerprint density at radius 2 is 1.64 bits per heavy atom. The predicted octanol–water partition coefficient (Wildman–Crippen LogP) is 4.44. The van der Waals surface area contributed by atoms with Crippen LogP contribution in [0.3, 0.4) is 0 Å². The van der Waals surface area contributed by atoms with Gasteiger partial charge in [0.25, 0.3) is 0 Å². The topological polar surface area (TPSA) is 29.5 Å². The molecule has 2 heterocycles. The Morgan fingerprint density at radius 3 is 2.32 bits per heavy atom. The highest BCUT2D eigenvalue weighted by Gasteiger charge is 2.40. The van der Waals surface area contributed by atoms with E-state index in [1.54, 1.807) is 0 Å². The van der Waals surface area contributed by atoms with E-state index in [1.807, 2.05) is 41.3 Å². The summed E-state index contributed by atoms with van der Waals surface area (Å²) >= 11 is 0. The Morgan fingerprint density at radius 1 is 0.960 bits per heavy atom. The van der Waals surface area contributed by atoms with Crippen LogP contribution < -0.4 is 0 Å². The third kappa shape index (κ3) is 3.60. The highest BCUT2D eigenvalue weighted by atomic mass is 16.6. The van der Waals surface area contributed by atoms with Crippen molar-refractivity contribution in [3.05, 3.63) is 83.9 Å². The number of nitrogens with zero attached hydrogens (tertiary/aromatic N) is 1. The lowest BCUT2D eigenvalue weighted by atomic mass is 9.75.